The molecule has 3 N–H and O–H groups in total. The van der Waals surface area contributed by atoms with Crippen LogP contribution in [-0.2, 0) is 6.42 Å². The lowest BCUT2D eigenvalue weighted by Gasteiger charge is -2.07. The largest absolute Gasteiger partial charge is 0.399 e. The number of H-pyrrole nitrogens is 1. The van der Waals surface area contributed by atoms with Crippen LogP contribution >= 0.6 is 0 Å². The second kappa shape index (κ2) is 4.46. The number of hydrogen-bond donors (Lipinski definition) is 2. The van der Waals surface area contributed by atoms with Gasteiger partial charge in [0.05, 0.1) is 11.0 Å². The summed E-state index contributed by atoms with van der Waals surface area (Å²) in [6.07, 6.45) is 0.993. The molecule has 0 saturated heterocycles. The third-order valence-electron chi connectivity index (χ3n) is 4.58. The second-order valence-corrected chi connectivity index (χ2v) is 6.04. The van der Waals surface area contributed by atoms with Crippen molar-refractivity contribution < 1.29 is 0 Å². The number of nitrogens with zero attached hydrogens (tertiary/aromatic N) is 1. The van der Waals surface area contributed by atoms with Gasteiger partial charge in [-0.3, -0.25) is 0 Å². The molecule has 0 spiro atoms. The molecule has 0 radical (unpaired) electrons. The van der Waals surface area contributed by atoms with Gasteiger partial charge < -0.3 is 10.7 Å². The topological polar surface area (TPSA) is 54.7 Å². The molecule has 0 bridgehead atoms. The zero-order valence-corrected chi connectivity index (χ0v) is 12.5. The smallest absolute Gasteiger partial charge is 0.139 e. The highest BCUT2D eigenvalue weighted by molar-refractivity contribution is 5.91. The normalized spacial score (nSPS) is 12.3. The number of nitrogens with two attached hydrogens (primary N) is 1. The number of nitrogen functional groups attached to an aromatic ring is 1. The Morgan fingerprint density at radius 2 is 1.70 bits per heavy atom. The molecule has 3 nitrogen and oxygen atoms in total. The molecule has 0 saturated carbocycles. The average Bonchev–Trinajstić information content (AvgIpc) is 3.14. The molecule has 1 aliphatic rings. The van der Waals surface area contributed by atoms with Crippen LogP contribution in [-0.4, -0.2) is 9.97 Å². The molecule has 3 heteroatoms. The van der Waals surface area contributed by atoms with E-state index in [-0.39, 0.29) is 0 Å². The molecule has 23 heavy (non-hydrogen) atoms. The highest BCUT2D eigenvalue weighted by Gasteiger charge is 2.22. The first-order valence-electron chi connectivity index (χ1n) is 7.75. The summed E-state index contributed by atoms with van der Waals surface area (Å²) in [7, 11) is 0. The summed E-state index contributed by atoms with van der Waals surface area (Å²) in [6.45, 7) is 0. The van der Waals surface area contributed by atoms with Crippen LogP contribution in [0.25, 0.3) is 33.5 Å². The predicted octanol–water partition coefficient (Wildman–Crippen LogP) is 4.38. The van der Waals surface area contributed by atoms with Crippen LogP contribution in [0.2, 0.25) is 0 Å². The first-order chi connectivity index (χ1) is 11.3. The van der Waals surface area contributed by atoms with E-state index in [1.807, 2.05) is 18.2 Å². The number of fused-ring (bicyclic) bond motifs is 4. The van der Waals surface area contributed by atoms with E-state index < -0.39 is 0 Å². The Balaban J connectivity index is 1.77. The van der Waals surface area contributed by atoms with Crippen molar-refractivity contribution in [1.82, 2.24) is 9.97 Å². The predicted molar refractivity (Wildman–Crippen MR) is 94.2 cm³/mol. The van der Waals surface area contributed by atoms with E-state index in [1.165, 1.54) is 22.3 Å². The van der Waals surface area contributed by atoms with Gasteiger partial charge in [-0.2, -0.15) is 0 Å². The SMILES string of the molecule is Nc1ccc2nc(-c3cccc4c3-c3ccccc3C4)[nH]c2c1. The number of rotatable bonds is 1. The van der Waals surface area contributed by atoms with E-state index in [2.05, 4.69) is 47.4 Å². The zero-order valence-electron chi connectivity index (χ0n) is 12.5. The van der Waals surface area contributed by atoms with E-state index in [0.717, 1.165) is 34.5 Å². The Kier molecular flexibility index (Phi) is 2.42. The molecule has 1 aromatic heterocycles. The van der Waals surface area contributed by atoms with Crippen LogP contribution in [0, 0.1) is 0 Å². The lowest BCUT2D eigenvalue weighted by molar-refractivity contribution is 1.26. The minimum absolute atomic E-state index is 0.747. The fraction of sp³-hybridized carbons (Fsp3) is 0.0500. The molecule has 0 fully saturated rings. The maximum atomic E-state index is 5.88. The van der Waals surface area contributed by atoms with Gasteiger partial charge in [0.15, 0.2) is 0 Å². The third-order valence-corrected chi connectivity index (χ3v) is 4.58. The van der Waals surface area contributed by atoms with Crippen molar-refractivity contribution in [3.05, 3.63) is 71.8 Å². The van der Waals surface area contributed by atoms with Gasteiger partial charge in [0.1, 0.15) is 5.82 Å². The van der Waals surface area contributed by atoms with Crippen molar-refractivity contribution in [2.45, 2.75) is 6.42 Å². The van der Waals surface area contributed by atoms with Gasteiger partial charge in [-0.25, -0.2) is 4.98 Å². The monoisotopic (exact) mass is 297 g/mol. The van der Waals surface area contributed by atoms with Crippen molar-refractivity contribution in [1.29, 1.82) is 0 Å². The molecule has 1 heterocycles. The highest BCUT2D eigenvalue weighted by Crippen LogP contribution is 2.42. The zero-order chi connectivity index (χ0) is 15.4. The van der Waals surface area contributed by atoms with E-state index in [1.54, 1.807) is 0 Å². The van der Waals surface area contributed by atoms with Gasteiger partial charge >= 0.3 is 0 Å². The van der Waals surface area contributed by atoms with Crippen molar-refractivity contribution in [3.63, 3.8) is 0 Å². The maximum absolute atomic E-state index is 5.88. The summed E-state index contributed by atoms with van der Waals surface area (Å²) in [4.78, 5) is 8.19. The molecular formula is C20H15N3. The Morgan fingerprint density at radius 3 is 2.65 bits per heavy atom. The molecule has 4 aromatic rings. The third kappa shape index (κ3) is 1.80. The summed E-state index contributed by atoms with van der Waals surface area (Å²) < 4.78 is 0. The van der Waals surface area contributed by atoms with E-state index in [4.69, 9.17) is 10.7 Å². The molecule has 1 aliphatic carbocycles. The quantitative estimate of drug-likeness (QED) is 0.451. The summed E-state index contributed by atoms with van der Waals surface area (Å²) >= 11 is 0. The number of anilines is 1. The van der Waals surface area contributed by atoms with Crippen LogP contribution in [0.4, 0.5) is 5.69 Å². The first-order valence-corrected chi connectivity index (χ1v) is 7.75. The van der Waals surface area contributed by atoms with Gasteiger partial charge in [0.25, 0.3) is 0 Å². The number of nitrogens with one attached hydrogen (secondary N) is 1. The molecule has 110 valence electrons. The first kappa shape index (κ1) is 12.5. The summed E-state index contributed by atoms with van der Waals surface area (Å²) in [6, 6.07) is 20.9. The lowest BCUT2D eigenvalue weighted by Crippen LogP contribution is -1.87. The Labute approximate surface area is 133 Å². The summed E-state index contributed by atoms with van der Waals surface area (Å²) in [5.74, 6) is 0.902. The molecular weight excluding hydrogens is 282 g/mol. The van der Waals surface area contributed by atoms with Gasteiger partial charge in [0.2, 0.25) is 0 Å². The van der Waals surface area contributed by atoms with Crippen molar-refractivity contribution in [2.24, 2.45) is 0 Å². The number of benzene rings is 3. The molecule has 5 rings (SSSR count). The fourth-order valence-electron chi connectivity index (χ4n) is 3.54. The van der Waals surface area contributed by atoms with E-state index in [9.17, 15) is 0 Å². The van der Waals surface area contributed by atoms with Gasteiger partial charge in [-0.1, -0.05) is 42.5 Å². The Morgan fingerprint density at radius 1 is 0.870 bits per heavy atom. The fourth-order valence-corrected chi connectivity index (χ4v) is 3.54. The van der Waals surface area contributed by atoms with Gasteiger partial charge in [-0.15, -0.1) is 0 Å². The molecule has 0 unspecified atom stereocenters. The highest BCUT2D eigenvalue weighted by atomic mass is 14.9. The second-order valence-electron chi connectivity index (χ2n) is 6.04. The number of aromatic amines is 1. The van der Waals surface area contributed by atoms with E-state index in [0.29, 0.717) is 0 Å². The minimum Gasteiger partial charge on any atom is -0.399 e. The number of imidazole rings is 1. The average molecular weight is 297 g/mol. The Bertz CT molecular complexity index is 1060. The van der Waals surface area contributed by atoms with Crippen LogP contribution in [0.15, 0.2) is 60.7 Å². The van der Waals surface area contributed by atoms with Crippen LogP contribution in [0.3, 0.4) is 0 Å². The molecule has 0 aliphatic heterocycles. The van der Waals surface area contributed by atoms with E-state index >= 15 is 0 Å². The molecule has 3 aromatic carbocycles. The summed E-state index contributed by atoms with van der Waals surface area (Å²) in [5, 5.41) is 0. The van der Waals surface area contributed by atoms with Crippen LogP contribution < -0.4 is 5.73 Å². The van der Waals surface area contributed by atoms with Crippen molar-refractivity contribution >= 4 is 16.7 Å². The van der Waals surface area contributed by atoms with Gasteiger partial charge in [-0.05, 0) is 46.9 Å². The number of aromatic nitrogens is 2. The summed E-state index contributed by atoms with van der Waals surface area (Å²) in [5.41, 5.74) is 15.1. The molecule has 0 atom stereocenters. The van der Waals surface area contributed by atoms with Gasteiger partial charge in [0, 0.05) is 11.3 Å². The standard InChI is InChI=1S/C20H15N3/c21-14-8-9-17-18(11-14)23-20(22-17)16-7-3-5-13-10-12-4-1-2-6-15(12)19(13)16/h1-9,11H,10,21H2,(H,22,23). The number of hydrogen-bond acceptors (Lipinski definition) is 2. The van der Waals surface area contributed by atoms with Crippen molar-refractivity contribution in [2.75, 3.05) is 5.73 Å². The molecule has 0 amide bonds. The van der Waals surface area contributed by atoms with Crippen LogP contribution in [0.5, 0.6) is 0 Å². The maximum Gasteiger partial charge on any atom is 0.139 e. The lowest BCUT2D eigenvalue weighted by atomic mass is 9.99. The minimum atomic E-state index is 0.747. The Hall–Kier alpha value is -3.07. The van der Waals surface area contributed by atoms with Crippen LogP contribution in [0.1, 0.15) is 11.1 Å². The van der Waals surface area contributed by atoms with Crippen molar-refractivity contribution in [3.8, 4) is 22.5 Å².